The predicted molar refractivity (Wildman–Crippen MR) is 124 cm³/mol. The summed E-state index contributed by atoms with van der Waals surface area (Å²) in [4.78, 5) is 21.0. The molecule has 1 fully saturated rings. The van der Waals surface area contributed by atoms with Gasteiger partial charge in [-0.25, -0.2) is 9.67 Å². The first-order valence-corrected chi connectivity index (χ1v) is 11.5. The van der Waals surface area contributed by atoms with Crippen molar-refractivity contribution in [3.63, 3.8) is 0 Å². The van der Waals surface area contributed by atoms with Crippen molar-refractivity contribution in [2.75, 3.05) is 13.1 Å². The summed E-state index contributed by atoms with van der Waals surface area (Å²) in [6.45, 7) is 7.80. The van der Waals surface area contributed by atoms with E-state index in [0.29, 0.717) is 19.0 Å². The largest absolute Gasteiger partial charge is 0.440 e. The molecule has 0 unspecified atom stereocenters. The first kappa shape index (κ1) is 20.7. The highest BCUT2D eigenvalue weighted by Gasteiger charge is 2.36. The van der Waals surface area contributed by atoms with Crippen LogP contribution in [0.1, 0.15) is 34.4 Å². The van der Waals surface area contributed by atoms with Crippen molar-refractivity contribution < 1.29 is 9.21 Å². The number of rotatable bonds is 5. The minimum absolute atomic E-state index is 0.00492. The van der Waals surface area contributed by atoms with Gasteiger partial charge in [-0.05, 0) is 44.4 Å². The number of aromatic nitrogens is 3. The number of nitrogens with zero attached hydrogens (tertiary/aromatic N) is 4. The molecular formula is C24H25N5O2S. The summed E-state index contributed by atoms with van der Waals surface area (Å²) >= 11 is 1.60. The van der Waals surface area contributed by atoms with Crippen LogP contribution in [0.5, 0.6) is 0 Å². The highest BCUT2D eigenvalue weighted by molar-refractivity contribution is 7.13. The Bertz CT molecular complexity index is 1240. The Hall–Kier alpha value is -3.23. The molecule has 0 radical (unpaired) electrons. The van der Waals surface area contributed by atoms with E-state index in [2.05, 4.69) is 10.2 Å². The van der Waals surface area contributed by atoms with Crippen molar-refractivity contribution in [2.24, 2.45) is 0 Å². The molecule has 0 aliphatic carbocycles. The van der Waals surface area contributed by atoms with Crippen molar-refractivity contribution in [3.8, 4) is 16.5 Å². The second-order valence-corrected chi connectivity index (χ2v) is 8.94. The van der Waals surface area contributed by atoms with Gasteiger partial charge in [0.25, 0.3) is 0 Å². The molecule has 7 nitrogen and oxygen atoms in total. The van der Waals surface area contributed by atoms with E-state index in [1.165, 1.54) is 0 Å². The third-order valence-corrected chi connectivity index (χ3v) is 6.77. The first-order chi connectivity index (χ1) is 15.5. The number of oxazole rings is 1. The first-order valence-electron chi connectivity index (χ1n) is 10.7. The average Bonchev–Trinajstić information content (AvgIpc) is 3.51. The molecule has 3 aromatic heterocycles. The molecule has 32 heavy (non-hydrogen) atoms. The molecule has 1 aromatic carbocycles. The third-order valence-electron chi connectivity index (χ3n) is 5.91. The lowest BCUT2D eigenvalue weighted by molar-refractivity contribution is -0.129. The Morgan fingerprint density at radius 2 is 1.97 bits per heavy atom. The molecule has 8 heteroatoms. The summed E-state index contributed by atoms with van der Waals surface area (Å²) in [5.41, 5.74) is 4.62. The fraction of sp³-hybridized carbons (Fsp3) is 0.292. The summed E-state index contributed by atoms with van der Waals surface area (Å²) in [5, 5.41) is 9.81. The van der Waals surface area contributed by atoms with Gasteiger partial charge in [-0.3, -0.25) is 9.69 Å². The topological polar surface area (TPSA) is 76.2 Å². The zero-order valence-electron chi connectivity index (χ0n) is 18.3. The number of para-hydroxylation sites is 1. The van der Waals surface area contributed by atoms with E-state index in [1.54, 1.807) is 11.3 Å². The van der Waals surface area contributed by atoms with E-state index in [0.717, 1.165) is 45.5 Å². The zero-order chi connectivity index (χ0) is 22.2. The van der Waals surface area contributed by atoms with Gasteiger partial charge in [-0.1, -0.05) is 24.3 Å². The van der Waals surface area contributed by atoms with Crippen molar-refractivity contribution in [1.82, 2.24) is 25.0 Å². The van der Waals surface area contributed by atoms with Crippen molar-refractivity contribution in [1.29, 1.82) is 0 Å². The lowest BCUT2D eigenvalue weighted by Crippen LogP contribution is -2.49. The minimum Gasteiger partial charge on any atom is -0.440 e. The number of aryl methyl sites for hydroxylation is 2. The summed E-state index contributed by atoms with van der Waals surface area (Å²) in [5.74, 6) is 1.41. The number of hydrogen-bond donors (Lipinski definition) is 1. The summed E-state index contributed by atoms with van der Waals surface area (Å²) in [6.07, 6.45) is 0. The number of carbonyl (C=O) groups excluding carboxylic acids is 1. The zero-order valence-corrected chi connectivity index (χ0v) is 19.1. The molecule has 1 aliphatic rings. The fourth-order valence-electron chi connectivity index (χ4n) is 4.34. The molecule has 1 atom stereocenters. The number of thiophene rings is 1. The van der Waals surface area contributed by atoms with Gasteiger partial charge in [-0.2, -0.15) is 5.10 Å². The van der Waals surface area contributed by atoms with Crippen LogP contribution in [0.3, 0.4) is 0 Å². The Kier molecular flexibility index (Phi) is 5.40. The SMILES string of the molecule is Cc1nn(-c2ccccc2)c(C)c1[C@@H]1C(=O)NCCN1Cc1nc(-c2cccs2)oc1C. The van der Waals surface area contributed by atoms with Crippen LogP contribution in [0.2, 0.25) is 0 Å². The molecule has 0 bridgehead atoms. The van der Waals surface area contributed by atoms with Crippen molar-refractivity contribution in [2.45, 2.75) is 33.4 Å². The highest BCUT2D eigenvalue weighted by atomic mass is 32.1. The van der Waals surface area contributed by atoms with Gasteiger partial charge in [0.2, 0.25) is 11.8 Å². The molecule has 4 heterocycles. The number of hydrogen-bond acceptors (Lipinski definition) is 6. The molecule has 5 rings (SSSR count). The van der Waals surface area contributed by atoms with Gasteiger partial charge < -0.3 is 9.73 Å². The Balaban J connectivity index is 1.50. The summed E-state index contributed by atoms with van der Waals surface area (Å²) in [6, 6.07) is 13.6. The Morgan fingerprint density at radius 1 is 1.16 bits per heavy atom. The minimum atomic E-state index is -0.428. The van der Waals surface area contributed by atoms with E-state index in [4.69, 9.17) is 14.5 Å². The van der Waals surface area contributed by atoms with Crippen LogP contribution in [-0.2, 0) is 11.3 Å². The lowest BCUT2D eigenvalue weighted by atomic mass is 10.00. The molecule has 0 saturated carbocycles. The van der Waals surface area contributed by atoms with E-state index >= 15 is 0 Å². The lowest BCUT2D eigenvalue weighted by Gasteiger charge is -2.35. The third kappa shape index (κ3) is 3.65. The van der Waals surface area contributed by atoms with E-state index in [-0.39, 0.29) is 5.91 Å². The van der Waals surface area contributed by atoms with E-state index in [1.807, 2.05) is 73.3 Å². The molecule has 164 valence electrons. The molecular weight excluding hydrogens is 422 g/mol. The second-order valence-electron chi connectivity index (χ2n) is 8.00. The van der Waals surface area contributed by atoms with Crippen LogP contribution >= 0.6 is 11.3 Å². The molecule has 1 N–H and O–H groups in total. The van der Waals surface area contributed by atoms with Crippen LogP contribution < -0.4 is 5.32 Å². The van der Waals surface area contributed by atoms with Crippen LogP contribution in [0.25, 0.3) is 16.5 Å². The number of benzene rings is 1. The fourth-order valence-corrected chi connectivity index (χ4v) is 4.99. The highest BCUT2D eigenvalue weighted by Crippen LogP contribution is 2.33. The molecule has 4 aromatic rings. The van der Waals surface area contributed by atoms with Gasteiger partial charge >= 0.3 is 0 Å². The molecule has 1 saturated heterocycles. The monoisotopic (exact) mass is 447 g/mol. The Morgan fingerprint density at radius 3 is 2.72 bits per heavy atom. The number of amides is 1. The van der Waals surface area contributed by atoms with Gasteiger partial charge in [0.05, 0.1) is 22.0 Å². The van der Waals surface area contributed by atoms with E-state index in [9.17, 15) is 4.79 Å². The standard InChI is InChI=1S/C24H25N5O2S/c1-15-21(16(2)29(27-15)18-8-5-4-6-9-18)22-23(30)25-11-12-28(22)14-19-17(3)31-24(26-19)20-10-7-13-32-20/h4-10,13,22H,11-12,14H2,1-3H3,(H,25,30)/t22-/m1/s1. The molecule has 1 amide bonds. The Labute approximate surface area is 190 Å². The van der Waals surface area contributed by atoms with Crippen LogP contribution in [0.4, 0.5) is 0 Å². The van der Waals surface area contributed by atoms with Crippen LogP contribution in [0, 0.1) is 20.8 Å². The summed E-state index contributed by atoms with van der Waals surface area (Å²) in [7, 11) is 0. The van der Waals surface area contributed by atoms with E-state index < -0.39 is 6.04 Å². The normalized spacial score (nSPS) is 17.0. The second kappa shape index (κ2) is 8.37. The van der Waals surface area contributed by atoms with Crippen molar-refractivity contribution >= 4 is 17.2 Å². The van der Waals surface area contributed by atoms with Gasteiger partial charge in [-0.15, -0.1) is 11.3 Å². The van der Waals surface area contributed by atoms with Crippen LogP contribution in [0.15, 0.2) is 52.3 Å². The average molecular weight is 448 g/mol. The smallest absolute Gasteiger partial charge is 0.242 e. The van der Waals surface area contributed by atoms with Gasteiger partial charge in [0.15, 0.2) is 0 Å². The predicted octanol–water partition coefficient (Wildman–Crippen LogP) is 4.19. The maximum absolute atomic E-state index is 13.1. The summed E-state index contributed by atoms with van der Waals surface area (Å²) < 4.78 is 7.85. The number of piperazine rings is 1. The number of nitrogens with one attached hydrogen (secondary N) is 1. The van der Waals surface area contributed by atoms with Gasteiger partial charge in [0.1, 0.15) is 11.8 Å². The van der Waals surface area contributed by atoms with Crippen molar-refractivity contribution in [3.05, 3.63) is 76.3 Å². The maximum atomic E-state index is 13.1. The molecule has 0 spiro atoms. The van der Waals surface area contributed by atoms with Gasteiger partial charge in [0, 0.05) is 30.9 Å². The maximum Gasteiger partial charge on any atom is 0.242 e. The van der Waals surface area contributed by atoms with Crippen LogP contribution in [-0.4, -0.2) is 38.7 Å². The number of carbonyl (C=O) groups is 1. The quantitative estimate of drug-likeness (QED) is 0.497. The molecule has 1 aliphatic heterocycles.